The summed E-state index contributed by atoms with van der Waals surface area (Å²) >= 11 is 0. The maximum Gasteiger partial charge on any atom is 0.205 e. The first kappa shape index (κ1) is 13.4. The van der Waals surface area contributed by atoms with Crippen LogP contribution in [0.5, 0.6) is 11.5 Å². The van der Waals surface area contributed by atoms with Crippen molar-refractivity contribution < 1.29 is 19.9 Å². The van der Waals surface area contributed by atoms with Gasteiger partial charge in [0.15, 0.2) is 0 Å². The van der Waals surface area contributed by atoms with Crippen molar-refractivity contribution in [2.75, 3.05) is 14.2 Å². The molecule has 100 valence electrons. The second-order valence-corrected chi connectivity index (χ2v) is 4.00. The van der Waals surface area contributed by atoms with Crippen LogP contribution in [0.2, 0.25) is 0 Å². The lowest BCUT2D eigenvalue weighted by Crippen LogP contribution is -2.35. The average molecular weight is 262 g/mol. The molecule has 0 atom stereocenters. The van der Waals surface area contributed by atoms with Crippen molar-refractivity contribution in [2.24, 2.45) is 0 Å². The molecule has 0 aliphatic carbocycles. The summed E-state index contributed by atoms with van der Waals surface area (Å²) in [6.07, 6.45) is 0. The molecule has 0 fully saturated rings. The molecule has 0 spiro atoms. The van der Waals surface area contributed by atoms with E-state index in [1.54, 1.807) is 62.8 Å². The van der Waals surface area contributed by atoms with Crippen LogP contribution < -0.4 is 14.3 Å². The predicted molar refractivity (Wildman–Crippen MR) is 71.0 cm³/mol. The third kappa shape index (κ3) is 2.68. The molecule has 19 heavy (non-hydrogen) atoms. The zero-order valence-electron chi connectivity index (χ0n) is 10.8. The first-order chi connectivity index (χ1) is 9.07. The quantitative estimate of drug-likeness (QED) is 0.656. The minimum atomic E-state index is -1.33. The summed E-state index contributed by atoms with van der Waals surface area (Å²) in [6, 6.07) is 13.0. The summed E-state index contributed by atoms with van der Waals surface area (Å²) in [4.78, 5) is -1.33. The fourth-order valence-corrected chi connectivity index (χ4v) is 1.73. The van der Waals surface area contributed by atoms with Crippen molar-refractivity contribution >= 4 is 11.4 Å². The van der Waals surface area contributed by atoms with Crippen LogP contribution in [-0.2, 0) is 0 Å². The van der Waals surface area contributed by atoms with Gasteiger partial charge in [0.05, 0.1) is 14.2 Å². The van der Waals surface area contributed by atoms with Crippen molar-refractivity contribution in [1.29, 1.82) is 0 Å². The first-order valence-corrected chi connectivity index (χ1v) is 5.71. The van der Waals surface area contributed by atoms with Gasteiger partial charge in [-0.25, -0.2) is 0 Å². The topological polar surface area (TPSA) is 58.9 Å². The number of rotatable bonds is 4. The van der Waals surface area contributed by atoms with Crippen LogP contribution in [0, 0.1) is 0 Å². The van der Waals surface area contributed by atoms with Crippen LogP contribution in [0.4, 0.5) is 11.4 Å². The highest BCUT2D eigenvalue weighted by molar-refractivity contribution is 5.55. The van der Waals surface area contributed by atoms with Gasteiger partial charge in [-0.2, -0.15) is 10.4 Å². The second kappa shape index (κ2) is 5.27. The summed E-state index contributed by atoms with van der Waals surface area (Å²) in [5, 5.41) is 20.4. The number of methoxy groups -OCH3 is 2. The van der Waals surface area contributed by atoms with Gasteiger partial charge >= 0.3 is 0 Å². The van der Waals surface area contributed by atoms with E-state index in [0.29, 0.717) is 22.9 Å². The Bertz CT molecular complexity index is 485. The molecule has 0 saturated carbocycles. The predicted octanol–water partition coefficient (Wildman–Crippen LogP) is 3.12. The highest BCUT2D eigenvalue weighted by atomic mass is 16.8. The SMILES string of the molecule is COc1ccc([N+](O)(O)c2ccc(OC)cc2)cc1. The maximum absolute atomic E-state index is 10.2. The molecule has 0 aliphatic heterocycles. The van der Waals surface area contributed by atoms with Crippen LogP contribution in [-0.4, -0.2) is 24.6 Å². The average Bonchev–Trinajstić information content (AvgIpc) is 2.47. The van der Waals surface area contributed by atoms with E-state index in [0.717, 1.165) is 0 Å². The van der Waals surface area contributed by atoms with E-state index in [4.69, 9.17) is 9.47 Å². The van der Waals surface area contributed by atoms with Gasteiger partial charge in [0.2, 0.25) is 11.4 Å². The van der Waals surface area contributed by atoms with E-state index < -0.39 is 4.81 Å². The normalized spacial score (nSPS) is 11.2. The largest absolute Gasteiger partial charge is 0.497 e. The number of ether oxygens (including phenoxy) is 2. The van der Waals surface area contributed by atoms with E-state index in [9.17, 15) is 10.4 Å². The number of quaternary nitrogens is 1. The molecule has 0 unspecified atom stereocenters. The van der Waals surface area contributed by atoms with Gasteiger partial charge in [-0.05, 0) is 24.3 Å². The first-order valence-electron chi connectivity index (χ1n) is 5.71. The fourth-order valence-electron chi connectivity index (χ4n) is 1.73. The molecule has 0 amide bonds. The van der Waals surface area contributed by atoms with Gasteiger partial charge in [0, 0.05) is 29.1 Å². The molecule has 2 aromatic rings. The fraction of sp³-hybridized carbons (Fsp3) is 0.143. The number of benzene rings is 2. The monoisotopic (exact) mass is 262 g/mol. The van der Waals surface area contributed by atoms with E-state index in [1.807, 2.05) is 0 Å². The summed E-state index contributed by atoms with van der Waals surface area (Å²) < 4.78 is 10.1. The Kier molecular flexibility index (Phi) is 3.71. The van der Waals surface area contributed by atoms with Crippen LogP contribution in [0.3, 0.4) is 0 Å². The highest BCUT2D eigenvalue weighted by Gasteiger charge is 2.30. The molecule has 0 aromatic heterocycles. The standard InChI is InChI=1S/C14H16NO4/c1-18-13-7-3-11(4-8-13)15(16,17)12-5-9-14(19-2)10-6-12/h3-10,16-17H,1-2H3/q+1. The zero-order valence-corrected chi connectivity index (χ0v) is 10.8. The number of hydrogen-bond donors (Lipinski definition) is 2. The molecule has 0 saturated heterocycles. The van der Waals surface area contributed by atoms with Crippen molar-refractivity contribution in [1.82, 2.24) is 4.81 Å². The Morgan fingerprint density at radius 3 is 1.26 bits per heavy atom. The van der Waals surface area contributed by atoms with Crippen LogP contribution in [0.1, 0.15) is 0 Å². The summed E-state index contributed by atoms with van der Waals surface area (Å²) in [6.45, 7) is 0. The van der Waals surface area contributed by atoms with Gasteiger partial charge in [0.1, 0.15) is 11.5 Å². The summed E-state index contributed by atoms with van der Waals surface area (Å²) in [7, 11) is 3.11. The second-order valence-electron chi connectivity index (χ2n) is 4.00. The number of nitrogens with zero attached hydrogens (tertiary/aromatic N) is 1. The third-order valence-electron chi connectivity index (χ3n) is 2.86. The Balaban J connectivity index is 2.33. The zero-order chi connectivity index (χ0) is 13.9. The smallest absolute Gasteiger partial charge is 0.205 e. The molecule has 0 aliphatic rings. The molecule has 5 heteroatoms. The summed E-state index contributed by atoms with van der Waals surface area (Å²) in [5.41, 5.74) is 0.622. The third-order valence-corrected chi connectivity index (χ3v) is 2.86. The van der Waals surface area contributed by atoms with Gasteiger partial charge in [-0.15, -0.1) is 0 Å². The molecule has 0 radical (unpaired) electrons. The molecule has 0 heterocycles. The lowest BCUT2D eigenvalue weighted by Gasteiger charge is -2.20. The molecule has 0 bridgehead atoms. The van der Waals surface area contributed by atoms with E-state index in [1.165, 1.54) is 0 Å². The van der Waals surface area contributed by atoms with E-state index in [2.05, 4.69) is 0 Å². The van der Waals surface area contributed by atoms with Crippen LogP contribution in [0.25, 0.3) is 0 Å². The van der Waals surface area contributed by atoms with Gasteiger partial charge in [0.25, 0.3) is 0 Å². The Labute approximate surface area is 111 Å². The molecule has 5 nitrogen and oxygen atoms in total. The highest BCUT2D eigenvalue weighted by Crippen LogP contribution is 2.32. The van der Waals surface area contributed by atoms with E-state index >= 15 is 0 Å². The van der Waals surface area contributed by atoms with Gasteiger partial charge in [-0.3, -0.25) is 0 Å². The lowest BCUT2D eigenvalue weighted by atomic mass is 10.2. The van der Waals surface area contributed by atoms with Gasteiger partial charge < -0.3 is 9.47 Å². The van der Waals surface area contributed by atoms with Gasteiger partial charge in [-0.1, -0.05) is 0 Å². The molecule has 2 N–H and O–H groups in total. The number of hydrogen-bond acceptors (Lipinski definition) is 4. The Hall–Kier alpha value is -2.08. The van der Waals surface area contributed by atoms with Crippen LogP contribution >= 0.6 is 0 Å². The lowest BCUT2D eigenvalue weighted by molar-refractivity contribution is -0.245. The maximum atomic E-state index is 10.2. The Morgan fingerprint density at radius 2 is 1.00 bits per heavy atom. The molecule has 2 aromatic carbocycles. The summed E-state index contributed by atoms with van der Waals surface area (Å²) in [5.74, 6) is 1.30. The van der Waals surface area contributed by atoms with E-state index in [-0.39, 0.29) is 0 Å². The molecule has 2 rings (SSSR count). The van der Waals surface area contributed by atoms with Crippen molar-refractivity contribution in [3.63, 3.8) is 0 Å². The van der Waals surface area contributed by atoms with Crippen LogP contribution in [0.15, 0.2) is 48.5 Å². The molecular weight excluding hydrogens is 246 g/mol. The minimum absolute atomic E-state index is 0.311. The van der Waals surface area contributed by atoms with Crippen molar-refractivity contribution in [3.05, 3.63) is 48.5 Å². The molecular formula is C14H16NO4+. The van der Waals surface area contributed by atoms with Crippen molar-refractivity contribution in [2.45, 2.75) is 0 Å². The Morgan fingerprint density at radius 1 is 0.684 bits per heavy atom. The minimum Gasteiger partial charge on any atom is -0.497 e. The van der Waals surface area contributed by atoms with Crippen molar-refractivity contribution in [3.8, 4) is 11.5 Å².